The van der Waals surface area contributed by atoms with Crippen LogP contribution in [0.15, 0.2) is 29.3 Å². The lowest BCUT2D eigenvalue weighted by Crippen LogP contribution is -2.47. The number of nitrogens with one attached hydrogen (secondary N) is 2. The quantitative estimate of drug-likeness (QED) is 0.530. The van der Waals surface area contributed by atoms with E-state index in [0.717, 1.165) is 43.5 Å². The third-order valence-electron chi connectivity index (χ3n) is 4.69. The highest BCUT2D eigenvalue weighted by atomic mass is 16.5. The maximum atomic E-state index is 5.29. The summed E-state index contributed by atoms with van der Waals surface area (Å²) >= 11 is 0. The van der Waals surface area contributed by atoms with Crippen LogP contribution < -0.4 is 10.6 Å². The van der Waals surface area contributed by atoms with Crippen molar-refractivity contribution in [3.05, 3.63) is 47.0 Å². The van der Waals surface area contributed by atoms with Crippen molar-refractivity contribution in [2.24, 2.45) is 4.99 Å². The van der Waals surface area contributed by atoms with Crippen LogP contribution in [0.2, 0.25) is 0 Å². The number of fused-ring (bicyclic) bond motifs is 1. The molecule has 0 aliphatic carbocycles. The Morgan fingerprint density at radius 3 is 2.75 bits per heavy atom. The maximum Gasteiger partial charge on any atom is 0.191 e. The molecule has 1 unspecified atom stereocenters. The van der Waals surface area contributed by atoms with E-state index in [1.807, 2.05) is 16.8 Å². The molecule has 2 N–H and O–H groups in total. The fraction of sp³-hybridized carbons (Fsp3) is 0.550. The van der Waals surface area contributed by atoms with Crippen LogP contribution in [-0.2, 0) is 42.2 Å². The van der Waals surface area contributed by atoms with Gasteiger partial charge < -0.3 is 20.1 Å². The van der Waals surface area contributed by atoms with E-state index in [0.29, 0.717) is 19.8 Å². The normalized spacial score (nSPS) is 16.7. The molecule has 0 spiro atoms. The van der Waals surface area contributed by atoms with Crippen molar-refractivity contribution in [2.75, 3.05) is 20.8 Å². The van der Waals surface area contributed by atoms with Crippen LogP contribution in [0.5, 0.6) is 0 Å². The molecular formula is C20H30N6O2. The Morgan fingerprint density at radius 2 is 2.00 bits per heavy atom. The molecule has 28 heavy (non-hydrogen) atoms. The van der Waals surface area contributed by atoms with Gasteiger partial charge >= 0.3 is 0 Å². The summed E-state index contributed by atoms with van der Waals surface area (Å²) < 4.78 is 12.4. The summed E-state index contributed by atoms with van der Waals surface area (Å²) in [6.45, 7) is 5.31. The average Bonchev–Trinajstić information content (AvgIpc) is 3.09. The molecule has 0 amide bonds. The molecule has 1 aliphatic rings. The number of aliphatic imine (C=N–C) groups is 1. The zero-order valence-corrected chi connectivity index (χ0v) is 16.9. The van der Waals surface area contributed by atoms with Crippen molar-refractivity contribution < 1.29 is 9.47 Å². The second-order valence-electron chi connectivity index (χ2n) is 6.84. The highest BCUT2D eigenvalue weighted by Crippen LogP contribution is 2.14. The van der Waals surface area contributed by atoms with E-state index < -0.39 is 0 Å². The third kappa shape index (κ3) is 5.30. The van der Waals surface area contributed by atoms with Crippen LogP contribution in [-0.4, -0.2) is 47.5 Å². The summed E-state index contributed by atoms with van der Waals surface area (Å²) in [6, 6.07) is 8.51. The molecule has 1 atom stereocenters. The minimum Gasteiger partial charge on any atom is -0.380 e. The minimum atomic E-state index is 0.261. The van der Waals surface area contributed by atoms with Crippen molar-refractivity contribution >= 4 is 5.96 Å². The van der Waals surface area contributed by atoms with Crippen LogP contribution >= 0.6 is 0 Å². The van der Waals surface area contributed by atoms with Gasteiger partial charge in [0.25, 0.3) is 0 Å². The second-order valence-corrected chi connectivity index (χ2v) is 6.84. The first-order valence-corrected chi connectivity index (χ1v) is 9.75. The van der Waals surface area contributed by atoms with Crippen LogP contribution in [0.25, 0.3) is 0 Å². The number of methoxy groups -OCH3 is 2. The number of hydrogen-bond donors (Lipinski definition) is 2. The van der Waals surface area contributed by atoms with Crippen LogP contribution in [0.4, 0.5) is 0 Å². The molecule has 0 saturated carbocycles. The Morgan fingerprint density at radius 1 is 1.21 bits per heavy atom. The van der Waals surface area contributed by atoms with Crippen molar-refractivity contribution in [2.45, 2.75) is 52.1 Å². The first kappa shape index (κ1) is 20.3. The highest BCUT2D eigenvalue weighted by molar-refractivity contribution is 5.80. The van der Waals surface area contributed by atoms with Crippen molar-refractivity contribution in [1.82, 2.24) is 25.4 Å². The molecule has 1 aromatic heterocycles. The standard InChI is InChI=1S/C20H30N6O2/c1-4-21-20(22-11-15-7-5-6-8-16(15)13-27-2)23-17-9-10-19-24-18(14-28-3)25-26(19)12-17/h5-8,17H,4,9-14H2,1-3H3,(H2,21,22,23). The summed E-state index contributed by atoms with van der Waals surface area (Å²) in [4.78, 5) is 9.32. The van der Waals surface area contributed by atoms with Gasteiger partial charge in [-0.3, -0.25) is 0 Å². The van der Waals surface area contributed by atoms with Gasteiger partial charge in [0.15, 0.2) is 11.8 Å². The van der Waals surface area contributed by atoms with Gasteiger partial charge in [-0.15, -0.1) is 0 Å². The summed E-state index contributed by atoms with van der Waals surface area (Å²) in [7, 11) is 3.37. The number of ether oxygens (including phenoxy) is 2. The largest absolute Gasteiger partial charge is 0.380 e. The predicted octanol–water partition coefficient (Wildman–Crippen LogP) is 1.64. The van der Waals surface area contributed by atoms with E-state index >= 15 is 0 Å². The maximum absolute atomic E-state index is 5.29. The fourth-order valence-corrected chi connectivity index (χ4v) is 3.35. The molecular weight excluding hydrogens is 356 g/mol. The van der Waals surface area contributed by atoms with Gasteiger partial charge in [-0.25, -0.2) is 14.7 Å². The topological polar surface area (TPSA) is 85.6 Å². The van der Waals surface area contributed by atoms with Gasteiger partial charge in [0.05, 0.1) is 19.7 Å². The molecule has 1 aliphatic heterocycles. The Hall–Kier alpha value is -2.45. The Balaban J connectivity index is 1.65. The summed E-state index contributed by atoms with van der Waals surface area (Å²) in [6.07, 6.45) is 1.89. The molecule has 2 heterocycles. The number of guanidine groups is 1. The molecule has 0 fully saturated rings. The Kier molecular flexibility index (Phi) is 7.39. The van der Waals surface area contributed by atoms with Gasteiger partial charge in [-0.2, -0.15) is 5.10 Å². The number of aromatic nitrogens is 3. The van der Waals surface area contributed by atoms with Crippen LogP contribution in [0.1, 0.15) is 36.1 Å². The van der Waals surface area contributed by atoms with Crippen molar-refractivity contribution in [1.29, 1.82) is 0 Å². The smallest absolute Gasteiger partial charge is 0.191 e. The fourth-order valence-electron chi connectivity index (χ4n) is 3.35. The Bertz CT molecular complexity index is 789. The van der Waals surface area contributed by atoms with E-state index in [2.05, 4.69) is 39.8 Å². The monoisotopic (exact) mass is 386 g/mol. The summed E-state index contributed by atoms with van der Waals surface area (Å²) in [5.41, 5.74) is 2.34. The number of nitrogens with zero attached hydrogens (tertiary/aromatic N) is 4. The van der Waals surface area contributed by atoms with E-state index in [9.17, 15) is 0 Å². The van der Waals surface area contributed by atoms with Gasteiger partial charge in [-0.05, 0) is 24.5 Å². The highest BCUT2D eigenvalue weighted by Gasteiger charge is 2.22. The summed E-state index contributed by atoms with van der Waals surface area (Å²) in [5.74, 6) is 2.59. The lowest BCUT2D eigenvalue weighted by atomic mass is 10.1. The van der Waals surface area contributed by atoms with Crippen LogP contribution in [0, 0.1) is 0 Å². The average molecular weight is 387 g/mol. The van der Waals surface area contributed by atoms with E-state index in [1.54, 1.807) is 14.2 Å². The molecule has 0 radical (unpaired) electrons. The summed E-state index contributed by atoms with van der Waals surface area (Å²) in [5, 5.41) is 11.4. The Labute approximate surface area is 166 Å². The van der Waals surface area contributed by atoms with E-state index in [1.165, 1.54) is 11.1 Å². The lowest BCUT2D eigenvalue weighted by molar-refractivity contribution is 0.177. The number of rotatable bonds is 8. The predicted molar refractivity (Wildman–Crippen MR) is 108 cm³/mol. The number of hydrogen-bond acceptors (Lipinski definition) is 5. The zero-order valence-electron chi connectivity index (χ0n) is 16.9. The molecule has 8 nitrogen and oxygen atoms in total. The molecule has 1 aromatic carbocycles. The van der Waals surface area contributed by atoms with Gasteiger partial charge in [0.2, 0.25) is 0 Å². The molecule has 0 saturated heterocycles. The molecule has 0 bridgehead atoms. The van der Waals surface area contributed by atoms with E-state index in [-0.39, 0.29) is 6.04 Å². The SMILES string of the molecule is CCNC(=NCc1ccccc1COC)NC1CCc2nc(COC)nn2C1. The van der Waals surface area contributed by atoms with Gasteiger partial charge in [0.1, 0.15) is 12.4 Å². The first-order valence-electron chi connectivity index (χ1n) is 9.75. The minimum absolute atomic E-state index is 0.261. The molecule has 152 valence electrons. The molecule has 8 heteroatoms. The second kappa shape index (κ2) is 10.2. The number of aryl methyl sites for hydroxylation is 1. The van der Waals surface area contributed by atoms with Gasteiger partial charge in [0, 0.05) is 33.2 Å². The molecule has 2 aromatic rings. The lowest BCUT2D eigenvalue weighted by Gasteiger charge is -2.25. The number of benzene rings is 1. The first-order chi connectivity index (χ1) is 13.7. The molecule has 3 rings (SSSR count). The third-order valence-corrected chi connectivity index (χ3v) is 4.69. The zero-order chi connectivity index (χ0) is 19.8. The van der Waals surface area contributed by atoms with Crippen molar-refractivity contribution in [3.8, 4) is 0 Å². The van der Waals surface area contributed by atoms with Crippen molar-refractivity contribution in [3.63, 3.8) is 0 Å². The van der Waals surface area contributed by atoms with Gasteiger partial charge in [-0.1, -0.05) is 24.3 Å². The van der Waals surface area contributed by atoms with E-state index in [4.69, 9.17) is 14.5 Å². The van der Waals surface area contributed by atoms with Crippen LogP contribution in [0.3, 0.4) is 0 Å².